The molecule has 174 valence electrons. The number of para-hydroxylation sites is 1. The number of anilines is 1. The number of hydrogen-bond donors (Lipinski definition) is 2. The number of aryl methyl sites for hydroxylation is 3. The van der Waals surface area contributed by atoms with Crippen LogP contribution in [0, 0.1) is 19.8 Å². The van der Waals surface area contributed by atoms with Crippen LogP contribution in [0.4, 0.5) is 5.69 Å². The van der Waals surface area contributed by atoms with E-state index in [-0.39, 0.29) is 30.1 Å². The minimum atomic E-state index is -0.181. The molecular formula is C25H36N4O3. The Hall–Kier alpha value is -2.67. The highest BCUT2D eigenvalue weighted by atomic mass is 16.5. The number of benzene rings is 1. The minimum absolute atomic E-state index is 0.0198. The van der Waals surface area contributed by atoms with E-state index < -0.39 is 0 Å². The predicted octanol–water partition coefficient (Wildman–Crippen LogP) is 4.30. The Morgan fingerprint density at radius 3 is 2.62 bits per heavy atom. The molecule has 0 unspecified atom stereocenters. The Morgan fingerprint density at radius 1 is 1.22 bits per heavy atom. The van der Waals surface area contributed by atoms with E-state index in [2.05, 4.69) is 29.6 Å². The summed E-state index contributed by atoms with van der Waals surface area (Å²) in [6.45, 7) is 10.5. The maximum absolute atomic E-state index is 12.7. The first kappa shape index (κ1) is 24.0. The summed E-state index contributed by atoms with van der Waals surface area (Å²) in [5, 5.41) is 10.6. The molecule has 7 nitrogen and oxygen atoms in total. The number of hydrogen-bond acceptors (Lipinski definition) is 4. The van der Waals surface area contributed by atoms with Gasteiger partial charge in [-0.1, -0.05) is 32.0 Å². The molecule has 0 spiro atoms. The van der Waals surface area contributed by atoms with Crippen LogP contribution in [0.2, 0.25) is 0 Å². The van der Waals surface area contributed by atoms with Crippen LogP contribution in [-0.2, 0) is 20.9 Å². The van der Waals surface area contributed by atoms with Gasteiger partial charge in [0, 0.05) is 42.9 Å². The standard InChI is InChI=1S/C25H36N4O3/c1-16(2)23-14-20(26-19(5)30)15-24(32-23)21-9-6-7-10-22(21)27-25(31)11-8-12-29-18(4)13-17(3)28-29/h6-7,9-10,13,16,20,23-24H,8,11-12,14-15H2,1-5H3,(H,26,30)(H,27,31)/t20-,23-,24+/m1/s1. The van der Waals surface area contributed by atoms with Crippen LogP contribution < -0.4 is 10.6 Å². The van der Waals surface area contributed by atoms with Crippen molar-refractivity contribution in [2.45, 2.75) is 85.1 Å². The van der Waals surface area contributed by atoms with Gasteiger partial charge in [0.2, 0.25) is 11.8 Å². The molecular weight excluding hydrogens is 404 g/mol. The lowest BCUT2D eigenvalue weighted by molar-refractivity contribution is -0.123. The second-order valence-corrected chi connectivity index (χ2v) is 9.17. The molecule has 1 saturated heterocycles. The molecule has 3 atom stereocenters. The molecule has 0 saturated carbocycles. The van der Waals surface area contributed by atoms with Gasteiger partial charge in [0.05, 0.1) is 17.9 Å². The third-order valence-corrected chi connectivity index (χ3v) is 5.96. The van der Waals surface area contributed by atoms with Gasteiger partial charge in [-0.3, -0.25) is 14.3 Å². The van der Waals surface area contributed by atoms with Crippen molar-refractivity contribution in [3.63, 3.8) is 0 Å². The average molecular weight is 441 g/mol. The van der Waals surface area contributed by atoms with Gasteiger partial charge in [-0.25, -0.2) is 0 Å². The Labute approximate surface area is 190 Å². The van der Waals surface area contributed by atoms with E-state index in [0.717, 1.165) is 42.0 Å². The van der Waals surface area contributed by atoms with Crippen LogP contribution in [0.25, 0.3) is 0 Å². The number of carbonyl (C=O) groups excluding carboxylic acids is 2. The molecule has 2 heterocycles. The van der Waals surface area contributed by atoms with E-state index in [1.54, 1.807) is 6.92 Å². The van der Waals surface area contributed by atoms with Crippen molar-refractivity contribution in [2.24, 2.45) is 5.92 Å². The monoisotopic (exact) mass is 440 g/mol. The van der Waals surface area contributed by atoms with Crippen LogP contribution in [0.3, 0.4) is 0 Å². The van der Waals surface area contributed by atoms with Gasteiger partial charge >= 0.3 is 0 Å². The van der Waals surface area contributed by atoms with Crippen LogP contribution in [0.15, 0.2) is 30.3 Å². The molecule has 2 N–H and O–H groups in total. The molecule has 1 aromatic carbocycles. The van der Waals surface area contributed by atoms with Crippen molar-refractivity contribution in [1.82, 2.24) is 15.1 Å². The van der Waals surface area contributed by atoms with Crippen molar-refractivity contribution in [3.05, 3.63) is 47.3 Å². The Morgan fingerprint density at radius 2 is 1.97 bits per heavy atom. The van der Waals surface area contributed by atoms with E-state index >= 15 is 0 Å². The van der Waals surface area contributed by atoms with E-state index in [9.17, 15) is 9.59 Å². The molecule has 32 heavy (non-hydrogen) atoms. The summed E-state index contributed by atoms with van der Waals surface area (Å²) in [6.07, 6.45) is 2.49. The zero-order valence-corrected chi connectivity index (χ0v) is 19.9. The molecule has 7 heteroatoms. The fourth-order valence-corrected chi connectivity index (χ4v) is 4.39. The third kappa shape index (κ3) is 6.42. The summed E-state index contributed by atoms with van der Waals surface area (Å²) in [4.78, 5) is 24.3. The molecule has 0 radical (unpaired) electrons. The predicted molar refractivity (Wildman–Crippen MR) is 125 cm³/mol. The molecule has 0 bridgehead atoms. The number of nitrogens with zero attached hydrogens (tertiary/aromatic N) is 2. The zero-order valence-electron chi connectivity index (χ0n) is 19.9. The SMILES string of the molecule is CC(=O)N[C@H]1C[C@@H](c2ccccc2NC(=O)CCCn2nc(C)cc2C)O[C@@H](C(C)C)C1. The van der Waals surface area contributed by atoms with Crippen molar-refractivity contribution in [1.29, 1.82) is 0 Å². The lowest BCUT2D eigenvalue weighted by atomic mass is 9.89. The molecule has 1 fully saturated rings. The van der Waals surface area contributed by atoms with E-state index in [1.807, 2.05) is 48.9 Å². The van der Waals surface area contributed by atoms with Gasteiger partial charge in [-0.05, 0) is 51.2 Å². The van der Waals surface area contributed by atoms with Gasteiger partial charge in [-0.15, -0.1) is 0 Å². The van der Waals surface area contributed by atoms with Gasteiger partial charge in [-0.2, -0.15) is 5.10 Å². The van der Waals surface area contributed by atoms with Crippen LogP contribution in [0.1, 0.15) is 69.5 Å². The molecule has 1 aliphatic rings. The van der Waals surface area contributed by atoms with Gasteiger partial charge < -0.3 is 15.4 Å². The topological polar surface area (TPSA) is 85.3 Å². The normalized spacial score (nSPS) is 20.9. The quantitative estimate of drug-likeness (QED) is 0.641. The zero-order chi connectivity index (χ0) is 23.3. The maximum Gasteiger partial charge on any atom is 0.224 e. The highest BCUT2D eigenvalue weighted by Gasteiger charge is 2.33. The first-order chi connectivity index (χ1) is 15.2. The summed E-state index contributed by atoms with van der Waals surface area (Å²) in [5.41, 5.74) is 3.83. The molecule has 1 aliphatic heterocycles. The number of nitrogens with one attached hydrogen (secondary N) is 2. The third-order valence-electron chi connectivity index (χ3n) is 5.96. The maximum atomic E-state index is 12.7. The largest absolute Gasteiger partial charge is 0.370 e. The van der Waals surface area contributed by atoms with Crippen molar-refractivity contribution < 1.29 is 14.3 Å². The number of rotatable bonds is 8. The van der Waals surface area contributed by atoms with Gasteiger partial charge in [0.1, 0.15) is 0 Å². The fourth-order valence-electron chi connectivity index (χ4n) is 4.39. The highest BCUT2D eigenvalue weighted by Crippen LogP contribution is 2.37. The van der Waals surface area contributed by atoms with Crippen molar-refractivity contribution in [2.75, 3.05) is 5.32 Å². The van der Waals surface area contributed by atoms with Crippen LogP contribution in [-0.4, -0.2) is 33.7 Å². The molecule has 1 aromatic heterocycles. The molecule has 2 amide bonds. The second kappa shape index (κ2) is 10.8. The molecule has 3 rings (SSSR count). The first-order valence-corrected chi connectivity index (χ1v) is 11.5. The number of ether oxygens (including phenoxy) is 1. The summed E-state index contributed by atoms with van der Waals surface area (Å²) >= 11 is 0. The minimum Gasteiger partial charge on any atom is -0.370 e. The Balaban J connectivity index is 1.65. The van der Waals surface area contributed by atoms with Crippen LogP contribution >= 0.6 is 0 Å². The summed E-state index contributed by atoms with van der Waals surface area (Å²) in [7, 11) is 0. The van der Waals surface area contributed by atoms with Crippen molar-refractivity contribution in [3.8, 4) is 0 Å². The fraction of sp³-hybridized carbons (Fsp3) is 0.560. The summed E-state index contributed by atoms with van der Waals surface area (Å²) in [5.74, 6) is 0.293. The number of amides is 2. The molecule has 0 aliphatic carbocycles. The average Bonchev–Trinajstić information content (AvgIpc) is 3.04. The highest BCUT2D eigenvalue weighted by molar-refractivity contribution is 5.91. The number of carbonyl (C=O) groups is 2. The lowest BCUT2D eigenvalue weighted by Gasteiger charge is -2.38. The van der Waals surface area contributed by atoms with Crippen molar-refractivity contribution >= 4 is 17.5 Å². The Kier molecular flexibility index (Phi) is 8.07. The molecule has 2 aromatic rings. The summed E-state index contributed by atoms with van der Waals surface area (Å²) in [6, 6.07) is 9.91. The van der Waals surface area contributed by atoms with E-state index in [0.29, 0.717) is 18.8 Å². The van der Waals surface area contributed by atoms with Crippen LogP contribution in [0.5, 0.6) is 0 Å². The second-order valence-electron chi connectivity index (χ2n) is 9.17. The first-order valence-electron chi connectivity index (χ1n) is 11.5. The van der Waals surface area contributed by atoms with E-state index in [4.69, 9.17) is 4.74 Å². The Bertz CT molecular complexity index is 937. The number of aromatic nitrogens is 2. The van der Waals surface area contributed by atoms with E-state index in [1.165, 1.54) is 0 Å². The summed E-state index contributed by atoms with van der Waals surface area (Å²) < 4.78 is 8.35. The lowest BCUT2D eigenvalue weighted by Crippen LogP contribution is -2.43. The van der Waals surface area contributed by atoms with Gasteiger partial charge in [0.15, 0.2) is 0 Å². The smallest absolute Gasteiger partial charge is 0.224 e. The van der Waals surface area contributed by atoms with Gasteiger partial charge in [0.25, 0.3) is 0 Å².